The molecule has 1 aliphatic carbocycles. The second kappa shape index (κ2) is 35.1. The van der Waals surface area contributed by atoms with Crippen LogP contribution >= 0.6 is 11.8 Å². The van der Waals surface area contributed by atoms with Gasteiger partial charge in [-0.05, 0) is 114 Å². The minimum absolute atomic E-state index is 0.0123. The van der Waals surface area contributed by atoms with E-state index in [1.807, 2.05) is 51.2 Å². The summed E-state index contributed by atoms with van der Waals surface area (Å²) in [7, 11) is 6.07. The molecule has 4 aliphatic rings. The van der Waals surface area contributed by atoms with E-state index in [2.05, 4.69) is 10.6 Å². The third kappa shape index (κ3) is 21.4. The molecule has 22 heteroatoms. The van der Waals surface area contributed by atoms with E-state index in [0.29, 0.717) is 63.4 Å². The molecule has 0 aromatic heterocycles. The number of aliphatic hydroxyl groups is 2. The first-order valence-corrected chi connectivity index (χ1v) is 30.5. The maximum Gasteiger partial charge on any atom is 0.329 e. The number of thioether (sulfide) groups is 1. The maximum absolute atomic E-state index is 14.6. The summed E-state index contributed by atoms with van der Waals surface area (Å²) in [6.07, 6.45) is 10.7. The number of ketones is 3. The third-order valence-electron chi connectivity index (χ3n) is 16.7. The molecule has 3 fully saturated rings. The number of aliphatic carboxylic acids is 1. The van der Waals surface area contributed by atoms with Crippen molar-refractivity contribution in [2.45, 2.75) is 186 Å². The zero-order valence-corrected chi connectivity index (χ0v) is 51.5. The van der Waals surface area contributed by atoms with E-state index in [-0.39, 0.29) is 86.1 Å². The number of amides is 2. The summed E-state index contributed by atoms with van der Waals surface area (Å²) in [5, 5.41) is 37.6. The highest BCUT2D eigenvalue weighted by molar-refractivity contribution is 8.00. The van der Waals surface area contributed by atoms with E-state index in [4.69, 9.17) is 38.3 Å². The maximum atomic E-state index is 14.6. The lowest BCUT2D eigenvalue weighted by Gasteiger charge is -2.42. The lowest BCUT2D eigenvalue weighted by Crippen LogP contribution is -2.61. The molecule has 468 valence electrons. The Kier molecular flexibility index (Phi) is 30.0. The number of likely N-dealkylation sites (N-methyl/N-ethyl adjacent to an activating group) is 1. The van der Waals surface area contributed by atoms with Gasteiger partial charge in [0.1, 0.15) is 43.3 Å². The van der Waals surface area contributed by atoms with E-state index in [9.17, 15) is 48.6 Å². The van der Waals surface area contributed by atoms with E-state index < -0.39 is 114 Å². The van der Waals surface area contributed by atoms with Gasteiger partial charge in [0.05, 0.1) is 42.8 Å². The Bertz CT molecular complexity index is 2310. The predicted octanol–water partition coefficient (Wildman–Crippen LogP) is 5.27. The second-order valence-corrected chi connectivity index (χ2v) is 24.2. The highest BCUT2D eigenvalue weighted by Gasteiger charge is 2.53. The summed E-state index contributed by atoms with van der Waals surface area (Å²) in [5.74, 6) is -10.5. The Morgan fingerprint density at radius 2 is 1.61 bits per heavy atom. The van der Waals surface area contributed by atoms with Crippen molar-refractivity contribution in [3.8, 4) is 0 Å². The van der Waals surface area contributed by atoms with Crippen molar-refractivity contribution in [1.29, 1.82) is 0 Å². The standard InChI is InChI=1S/C61H95N3O18S/c1-36-17-13-12-14-18-37(2)49(76-9)31-44-22-20-42(7)61(75,82-44)57(71)59(73)64-24-16-15-19-46(64)60(74)81-50(32-47(65)38(3)28-41(6)55(70)56(78-11)54(69)40(5)27-36)39(4)29-43-21-23-48(51(30-43)77-10)79-25-26-80-53(68)35-83-34-45(62-8)58(72)63-33-52(66)67/h12-14,17-18,28,36,38-40,42-46,48-51,55-56,62,70,75H,15-16,19-27,29-35H2,1-11H3,(H,63,72)(H,66,67)/b14-12+,17-13+,37-18+,41-28+/t36-,38-,39-,40-,42-,43+,44+,45+,46+,48-,49+,50+,51-,55-,56+,61-/m1/s1. The van der Waals surface area contributed by atoms with Gasteiger partial charge in [-0.25, -0.2) is 4.79 Å². The van der Waals surface area contributed by atoms with Gasteiger partial charge in [-0.2, -0.15) is 0 Å². The summed E-state index contributed by atoms with van der Waals surface area (Å²) in [6.45, 7) is 12.2. The van der Waals surface area contributed by atoms with Crippen molar-refractivity contribution in [1.82, 2.24) is 15.5 Å². The van der Waals surface area contributed by atoms with Crippen LogP contribution in [0, 0.1) is 35.5 Å². The number of hydrogen-bond acceptors (Lipinski definition) is 19. The molecule has 0 radical (unpaired) electrons. The molecule has 2 saturated heterocycles. The highest BCUT2D eigenvalue weighted by atomic mass is 32.2. The third-order valence-corrected chi connectivity index (χ3v) is 17.7. The minimum Gasteiger partial charge on any atom is -0.480 e. The van der Waals surface area contributed by atoms with Crippen molar-refractivity contribution in [2.75, 3.05) is 66.2 Å². The molecule has 5 N–H and O–H groups in total. The number of nitrogens with zero attached hydrogens (tertiary/aromatic N) is 1. The number of carbonyl (C=O) groups is 8. The number of carbonyl (C=O) groups excluding carboxylic acids is 7. The largest absolute Gasteiger partial charge is 0.480 e. The first kappa shape index (κ1) is 70.8. The van der Waals surface area contributed by atoms with Crippen LogP contribution in [-0.2, 0) is 71.5 Å². The average Bonchev–Trinajstić information content (AvgIpc) is 3.16. The lowest BCUT2D eigenvalue weighted by atomic mass is 9.78. The summed E-state index contributed by atoms with van der Waals surface area (Å²) in [4.78, 5) is 108. The van der Waals surface area contributed by atoms with Gasteiger partial charge in [0.15, 0.2) is 5.78 Å². The van der Waals surface area contributed by atoms with Crippen molar-refractivity contribution in [3.05, 3.63) is 47.6 Å². The molecule has 21 nitrogen and oxygen atoms in total. The molecular weight excluding hydrogens is 1090 g/mol. The Balaban J connectivity index is 1.55. The fraction of sp³-hybridized carbons (Fsp3) is 0.738. The number of methoxy groups -OCH3 is 3. The first-order valence-electron chi connectivity index (χ1n) is 29.4. The van der Waals surface area contributed by atoms with Crippen LogP contribution in [0.25, 0.3) is 0 Å². The predicted molar refractivity (Wildman–Crippen MR) is 311 cm³/mol. The number of hydrogen-bond donors (Lipinski definition) is 5. The van der Waals surface area contributed by atoms with Gasteiger partial charge in [0, 0.05) is 64.2 Å². The molecule has 16 atom stereocenters. The summed E-state index contributed by atoms with van der Waals surface area (Å²) in [5.41, 5.74) is 1.21. The van der Waals surface area contributed by atoms with E-state index >= 15 is 0 Å². The number of piperidine rings is 1. The number of esters is 2. The number of fused-ring (bicyclic) bond motifs is 3. The second-order valence-electron chi connectivity index (χ2n) is 23.1. The summed E-state index contributed by atoms with van der Waals surface area (Å²) < 4.78 is 41.4. The van der Waals surface area contributed by atoms with Crippen LogP contribution < -0.4 is 10.6 Å². The Morgan fingerprint density at radius 1 is 0.880 bits per heavy atom. The smallest absolute Gasteiger partial charge is 0.329 e. The molecule has 3 heterocycles. The molecule has 0 aromatic rings. The average molecular weight is 1190 g/mol. The monoisotopic (exact) mass is 1190 g/mol. The van der Waals surface area contributed by atoms with Gasteiger partial charge >= 0.3 is 17.9 Å². The normalized spacial score (nSPS) is 34.4. The quantitative estimate of drug-likeness (QED) is 0.0505. The zero-order valence-electron chi connectivity index (χ0n) is 50.7. The van der Waals surface area contributed by atoms with Crippen LogP contribution in [0.3, 0.4) is 0 Å². The number of ether oxygens (including phenoxy) is 7. The number of carboxylic acid groups (broad SMARTS) is 1. The SMILES string of the molecule is CN[C@@H](CSCC(=O)OCCO[C@@H]1CC[C@@H](C[C@@H](C)[C@@H]2CC(=O)[C@H](C)/C=C(\C)[C@@H](O)[C@@H](OC)C(=O)[C@H](C)C[C@H](C)/C=C/C=C/C=C(\C)[C@@H](OC)C[C@@H]3CC[C@@H](C)[C@@](O)(O3)C(=O)C(=O)N3CCCC[C@H]3C(=O)O2)C[C@H]1OC)C(=O)NCC(=O)O. The van der Waals surface area contributed by atoms with Gasteiger partial charge in [-0.15, -0.1) is 11.8 Å². The van der Waals surface area contributed by atoms with Gasteiger partial charge in [-0.3, -0.25) is 33.6 Å². The molecule has 0 aromatic carbocycles. The number of nitrogens with one attached hydrogen (secondary N) is 2. The summed E-state index contributed by atoms with van der Waals surface area (Å²) in [6, 6.07) is -1.90. The van der Waals surface area contributed by atoms with Crippen LogP contribution in [-0.4, -0.2) is 194 Å². The molecule has 0 unspecified atom stereocenters. The first-order chi connectivity index (χ1) is 39.4. The van der Waals surface area contributed by atoms with E-state index in [0.717, 1.165) is 17.3 Å². The van der Waals surface area contributed by atoms with Crippen LogP contribution in [0.4, 0.5) is 0 Å². The van der Waals surface area contributed by atoms with Crippen molar-refractivity contribution < 1.29 is 86.8 Å². The fourth-order valence-electron chi connectivity index (χ4n) is 11.5. The van der Waals surface area contributed by atoms with Crippen molar-refractivity contribution >= 4 is 58.8 Å². The Hall–Kier alpha value is -4.65. The number of carboxylic acids is 1. The minimum atomic E-state index is -2.47. The number of aliphatic hydroxyl groups excluding tert-OH is 1. The van der Waals surface area contributed by atoms with Gasteiger partial charge in [0.2, 0.25) is 11.7 Å². The van der Waals surface area contributed by atoms with Crippen molar-refractivity contribution in [2.24, 2.45) is 35.5 Å². The highest BCUT2D eigenvalue weighted by Crippen LogP contribution is 2.38. The molecule has 2 bridgehead atoms. The molecule has 0 spiro atoms. The molecule has 2 amide bonds. The molecule has 83 heavy (non-hydrogen) atoms. The Labute approximate surface area is 494 Å². The topological polar surface area (TPSA) is 289 Å². The van der Waals surface area contributed by atoms with Gasteiger partial charge in [-0.1, -0.05) is 71.1 Å². The van der Waals surface area contributed by atoms with Crippen LogP contribution in [0.2, 0.25) is 0 Å². The number of cyclic esters (lactones) is 1. The number of rotatable bonds is 18. The Morgan fingerprint density at radius 3 is 2.29 bits per heavy atom. The van der Waals surface area contributed by atoms with Gasteiger partial charge in [0.25, 0.3) is 11.7 Å². The van der Waals surface area contributed by atoms with Crippen LogP contribution in [0.1, 0.15) is 126 Å². The number of allylic oxidation sites excluding steroid dienone is 6. The van der Waals surface area contributed by atoms with E-state index in [1.165, 1.54) is 12.0 Å². The summed E-state index contributed by atoms with van der Waals surface area (Å²) >= 11 is 1.16. The fourth-order valence-corrected chi connectivity index (χ4v) is 12.4. The lowest BCUT2D eigenvalue weighted by molar-refractivity contribution is -0.265. The molecular formula is C61H95N3O18S. The van der Waals surface area contributed by atoms with Gasteiger partial charge < -0.3 is 64.0 Å². The van der Waals surface area contributed by atoms with Crippen LogP contribution in [0.5, 0.6) is 0 Å². The van der Waals surface area contributed by atoms with Crippen LogP contribution in [0.15, 0.2) is 47.6 Å². The number of Topliss-reactive ketones (excluding diaryl/α,β-unsaturated/α-hetero) is 3. The van der Waals surface area contributed by atoms with Crippen molar-refractivity contribution in [3.63, 3.8) is 0 Å². The zero-order chi connectivity index (χ0) is 61.6. The molecule has 3 aliphatic heterocycles. The van der Waals surface area contributed by atoms with E-state index in [1.54, 1.807) is 55.0 Å². The molecule has 1 saturated carbocycles. The molecule has 4 rings (SSSR count).